The number of aromatic nitrogens is 3. The number of para-hydroxylation sites is 1. The molecule has 0 aliphatic heterocycles. The first-order chi connectivity index (χ1) is 12.1. The van der Waals surface area contributed by atoms with E-state index in [0.29, 0.717) is 5.82 Å². The molecule has 1 N–H and O–H groups in total. The van der Waals surface area contributed by atoms with E-state index in [2.05, 4.69) is 15.2 Å². The minimum Gasteiger partial charge on any atom is -0.493 e. The van der Waals surface area contributed by atoms with Crippen molar-refractivity contribution >= 4 is 5.78 Å². The second-order valence-electron chi connectivity index (χ2n) is 6.56. The first-order valence-corrected chi connectivity index (χ1v) is 8.20. The van der Waals surface area contributed by atoms with E-state index in [1.807, 2.05) is 74.5 Å². The number of aromatic amines is 1. The number of ketones is 1. The van der Waals surface area contributed by atoms with Crippen LogP contribution in [0.2, 0.25) is 0 Å². The number of nitrogens with zero attached hydrogens (tertiary/aromatic N) is 2. The van der Waals surface area contributed by atoms with Gasteiger partial charge in [-0.25, -0.2) is 4.98 Å². The minimum atomic E-state index is -0.691. The van der Waals surface area contributed by atoms with E-state index in [9.17, 15) is 4.79 Å². The molecular weight excluding hydrogens is 314 g/mol. The van der Waals surface area contributed by atoms with Crippen LogP contribution >= 0.6 is 0 Å². The summed E-state index contributed by atoms with van der Waals surface area (Å²) >= 11 is 0. The van der Waals surface area contributed by atoms with Crippen LogP contribution in [-0.4, -0.2) is 27.6 Å². The third-order valence-electron chi connectivity index (χ3n) is 4.11. The van der Waals surface area contributed by atoms with Gasteiger partial charge in [0.25, 0.3) is 0 Å². The monoisotopic (exact) mass is 335 g/mol. The van der Waals surface area contributed by atoms with Crippen LogP contribution in [0.1, 0.15) is 31.2 Å². The number of hydrogen-bond donors (Lipinski definition) is 1. The van der Waals surface area contributed by atoms with Crippen molar-refractivity contribution in [3.8, 4) is 5.75 Å². The van der Waals surface area contributed by atoms with Gasteiger partial charge in [-0.2, -0.15) is 5.10 Å². The molecular formula is C20H21N3O2. The first-order valence-electron chi connectivity index (χ1n) is 8.20. The Morgan fingerprint density at radius 2 is 1.72 bits per heavy atom. The van der Waals surface area contributed by atoms with Crippen LogP contribution in [-0.2, 0) is 4.79 Å². The summed E-state index contributed by atoms with van der Waals surface area (Å²) in [6, 6.07) is 19.1. The maximum absolute atomic E-state index is 13.3. The molecule has 1 heterocycles. The van der Waals surface area contributed by atoms with Crippen molar-refractivity contribution < 1.29 is 9.53 Å². The number of carbonyl (C=O) groups excluding carboxylic acids is 1. The lowest BCUT2D eigenvalue weighted by atomic mass is 9.78. The molecule has 0 fully saturated rings. The van der Waals surface area contributed by atoms with Gasteiger partial charge in [0.15, 0.2) is 5.78 Å². The maximum atomic E-state index is 13.3. The van der Waals surface area contributed by atoms with Gasteiger partial charge in [0.1, 0.15) is 30.4 Å². The molecule has 5 heteroatoms. The Morgan fingerprint density at radius 1 is 1.08 bits per heavy atom. The summed E-state index contributed by atoms with van der Waals surface area (Å²) in [6.07, 6.45) is 1.42. The SMILES string of the molecule is CC(C)(COc1ccccc1)C(=O)C(c1ccccc1)c1ncn[nH]1. The van der Waals surface area contributed by atoms with Gasteiger partial charge >= 0.3 is 0 Å². The van der Waals surface area contributed by atoms with Gasteiger partial charge in [0.2, 0.25) is 0 Å². The number of ether oxygens (including phenoxy) is 1. The molecule has 0 spiro atoms. The number of rotatable bonds is 7. The van der Waals surface area contributed by atoms with Crippen molar-refractivity contribution in [3.63, 3.8) is 0 Å². The largest absolute Gasteiger partial charge is 0.493 e. The van der Waals surface area contributed by atoms with Crippen LogP contribution < -0.4 is 4.74 Å². The van der Waals surface area contributed by atoms with E-state index in [4.69, 9.17) is 4.74 Å². The lowest BCUT2D eigenvalue weighted by molar-refractivity contribution is -0.129. The molecule has 0 amide bonds. The quantitative estimate of drug-likeness (QED) is 0.716. The smallest absolute Gasteiger partial charge is 0.156 e. The molecule has 0 radical (unpaired) electrons. The van der Waals surface area contributed by atoms with Gasteiger partial charge in [0, 0.05) is 0 Å². The van der Waals surface area contributed by atoms with Gasteiger partial charge < -0.3 is 4.74 Å². The lowest BCUT2D eigenvalue weighted by Crippen LogP contribution is -2.36. The fourth-order valence-electron chi connectivity index (χ4n) is 2.68. The van der Waals surface area contributed by atoms with Gasteiger partial charge in [-0.1, -0.05) is 48.5 Å². The van der Waals surface area contributed by atoms with Crippen LogP contribution in [0.25, 0.3) is 0 Å². The van der Waals surface area contributed by atoms with Crippen molar-refractivity contribution in [1.82, 2.24) is 15.2 Å². The number of benzene rings is 2. The molecule has 0 bridgehead atoms. The zero-order valence-electron chi connectivity index (χ0n) is 14.3. The third-order valence-corrected chi connectivity index (χ3v) is 4.11. The van der Waals surface area contributed by atoms with E-state index in [1.165, 1.54) is 6.33 Å². The molecule has 1 atom stereocenters. The summed E-state index contributed by atoms with van der Waals surface area (Å²) in [6.45, 7) is 4.07. The molecule has 1 aromatic heterocycles. The predicted molar refractivity (Wildman–Crippen MR) is 95.4 cm³/mol. The summed E-state index contributed by atoms with van der Waals surface area (Å²) < 4.78 is 5.83. The molecule has 1 unspecified atom stereocenters. The van der Waals surface area contributed by atoms with E-state index < -0.39 is 11.3 Å². The Balaban J connectivity index is 1.84. The molecule has 25 heavy (non-hydrogen) atoms. The number of H-pyrrole nitrogens is 1. The molecule has 2 aromatic carbocycles. The van der Waals surface area contributed by atoms with Gasteiger partial charge in [-0.3, -0.25) is 9.89 Å². The van der Waals surface area contributed by atoms with Gasteiger partial charge in [-0.05, 0) is 31.5 Å². The highest BCUT2D eigenvalue weighted by Crippen LogP contribution is 2.32. The number of Topliss-reactive ketones (excluding diaryl/α,β-unsaturated/α-hetero) is 1. The fourth-order valence-corrected chi connectivity index (χ4v) is 2.68. The molecule has 0 saturated heterocycles. The standard InChI is InChI=1S/C20H21N3O2/c1-20(2,13-25-16-11-7-4-8-12-16)18(24)17(19-21-14-22-23-19)15-9-5-3-6-10-15/h3-12,14,17H,13H2,1-2H3,(H,21,22,23). The van der Waals surface area contributed by atoms with Crippen LogP contribution in [0.3, 0.4) is 0 Å². The molecule has 0 aliphatic carbocycles. The number of carbonyl (C=O) groups is 1. The van der Waals surface area contributed by atoms with E-state index >= 15 is 0 Å². The summed E-state index contributed by atoms with van der Waals surface area (Å²) in [5.41, 5.74) is 0.195. The van der Waals surface area contributed by atoms with Crippen LogP contribution in [0, 0.1) is 5.41 Å². The van der Waals surface area contributed by atoms with Gasteiger partial charge in [0.05, 0.1) is 5.41 Å². The zero-order valence-corrected chi connectivity index (χ0v) is 14.3. The average Bonchev–Trinajstić information content (AvgIpc) is 3.16. The van der Waals surface area contributed by atoms with E-state index in [-0.39, 0.29) is 12.4 Å². The van der Waals surface area contributed by atoms with E-state index in [1.54, 1.807) is 0 Å². The van der Waals surface area contributed by atoms with Gasteiger partial charge in [-0.15, -0.1) is 0 Å². The second-order valence-corrected chi connectivity index (χ2v) is 6.56. The lowest BCUT2D eigenvalue weighted by Gasteiger charge is -2.27. The summed E-state index contributed by atoms with van der Waals surface area (Å²) in [5.74, 6) is 0.827. The maximum Gasteiger partial charge on any atom is 0.156 e. The Bertz CT molecular complexity index is 799. The highest BCUT2D eigenvalue weighted by molar-refractivity contribution is 5.92. The molecule has 3 rings (SSSR count). The topological polar surface area (TPSA) is 67.9 Å². The molecule has 3 aromatic rings. The average molecular weight is 335 g/mol. The van der Waals surface area contributed by atoms with E-state index in [0.717, 1.165) is 11.3 Å². The number of nitrogens with one attached hydrogen (secondary N) is 1. The fraction of sp³-hybridized carbons (Fsp3) is 0.250. The molecule has 0 aliphatic rings. The Kier molecular flexibility index (Phi) is 4.93. The first kappa shape index (κ1) is 16.9. The summed E-state index contributed by atoms with van der Waals surface area (Å²) in [5, 5.41) is 6.75. The van der Waals surface area contributed by atoms with Crippen LogP contribution in [0.5, 0.6) is 5.75 Å². The number of hydrogen-bond acceptors (Lipinski definition) is 4. The minimum absolute atomic E-state index is 0.0337. The summed E-state index contributed by atoms with van der Waals surface area (Å²) in [7, 11) is 0. The molecule has 128 valence electrons. The highest BCUT2D eigenvalue weighted by Gasteiger charge is 2.37. The Labute approximate surface area is 147 Å². The molecule has 5 nitrogen and oxygen atoms in total. The van der Waals surface area contributed by atoms with Crippen molar-refractivity contribution in [2.45, 2.75) is 19.8 Å². The van der Waals surface area contributed by atoms with Crippen LogP contribution in [0.4, 0.5) is 0 Å². The van der Waals surface area contributed by atoms with Crippen molar-refractivity contribution in [1.29, 1.82) is 0 Å². The predicted octanol–water partition coefficient (Wildman–Crippen LogP) is 3.61. The highest BCUT2D eigenvalue weighted by atomic mass is 16.5. The zero-order chi connectivity index (χ0) is 17.7. The van der Waals surface area contributed by atoms with Crippen LogP contribution in [0.15, 0.2) is 67.0 Å². The third kappa shape index (κ3) is 3.94. The van der Waals surface area contributed by atoms with Crippen molar-refractivity contribution in [2.75, 3.05) is 6.61 Å². The second kappa shape index (κ2) is 7.30. The summed E-state index contributed by atoms with van der Waals surface area (Å²) in [4.78, 5) is 17.5. The normalized spacial score (nSPS) is 12.6. The molecule has 0 saturated carbocycles. The van der Waals surface area contributed by atoms with Crippen molar-refractivity contribution in [3.05, 3.63) is 78.4 Å². The van der Waals surface area contributed by atoms with Crippen molar-refractivity contribution in [2.24, 2.45) is 5.41 Å². The Morgan fingerprint density at radius 3 is 2.32 bits per heavy atom. The Hall–Kier alpha value is -2.95.